The minimum atomic E-state index is -0.106. The van der Waals surface area contributed by atoms with Crippen LogP contribution in [0.4, 0.5) is 4.79 Å². The molecule has 2 atom stereocenters. The quantitative estimate of drug-likeness (QED) is 0.324. The third kappa shape index (κ3) is 6.60. The second-order valence-corrected chi connectivity index (χ2v) is 12.1. The Labute approximate surface area is 254 Å². The first-order valence-electron chi connectivity index (χ1n) is 14.9. The predicted molar refractivity (Wildman–Crippen MR) is 166 cm³/mol. The first kappa shape index (κ1) is 30.0. The molecule has 2 fully saturated rings. The van der Waals surface area contributed by atoms with Crippen molar-refractivity contribution in [3.05, 3.63) is 93.5 Å². The molecule has 3 aromatic rings. The van der Waals surface area contributed by atoms with E-state index in [0.717, 1.165) is 49.0 Å². The van der Waals surface area contributed by atoms with Crippen LogP contribution in [-0.2, 0) is 6.54 Å². The normalized spacial score (nSPS) is 18.9. The summed E-state index contributed by atoms with van der Waals surface area (Å²) in [5, 5.41) is 3.47. The molecule has 1 unspecified atom stereocenters. The molecular formula is C33H41ClN6O2. The Balaban J connectivity index is 1.18. The van der Waals surface area contributed by atoms with Crippen molar-refractivity contribution in [1.82, 2.24) is 30.0 Å². The number of nitrogens with one attached hydrogen (secondary N) is 1. The lowest BCUT2D eigenvalue weighted by Crippen LogP contribution is -2.49. The molecule has 2 aliphatic heterocycles. The number of benzene rings is 1. The molecule has 2 saturated heterocycles. The van der Waals surface area contributed by atoms with Crippen molar-refractivity contribution < 1.29 is 9.59 Å². The molecule has 3 amide bonds. The summed E-state index contributed by atoms with van der Waals surface area (Å²) in [5.74, 6) is -0.106. The van der Waals surface area contributed by atoms with Crippen LogP contribution in [0.15, 0.2) is 54.9 Å². The van der Waals surface area contributed by atoms with Gasteiger partial charge in [-0.05, 0) is 81.3 Å². The van der Waals surface area contributed by atoms with Gasteiger partial charge >= 0.3 is 6.03 Å². The summed E-state index contributed by atoms with van der Waals surface area (Å²) in [7, 11) is 0. The molecule has 0 spiro atoms. The monoisotopic (exact) mass is 588 g/mol. The Morgan fingerprint density at radius 1 is 1.10 bits per heavy atom. The first-order chi connectivity index (χ1) is 20.2. The van der Waals surface area contributed by atoms with E-state index in [0.29, 0.717) is 42.1 Å². The highest BCUT2D eigenvalue weighted by molar-refractivity contribution is 6.29. The van der Waals surface area contributed by atoms with Gasteiger partial charge in [0.1, 0.15) is 5.15 Å². The van der Waals surface area contributed by atoms with Crippen LogP contribution in [0.5, 0.6) is 0 Å². The SMILES string of the molecule is Cc1ccncc1CN1C[C@@H](c2ccccc2)N(C2CCN(C(C)CCNC(=O)c3c(C)cc(Cl)nc3C)CC2)C1=O. The maximum atomic E-state index is 13.9. The van der Waals surface area contributed by atoms with Crippen LogP contribution in [0.1, 0.15) is 70.5 Å². The van der Waals surface area contributed by atoms with Gasteiger partial charge in [-0.3, -0.25) is 9.78 Å². The van der Waals surface area contributed by atoms with Gasteiger partial charge in [0.15, 0.2) is 0 Å². The molecule has 9 heteroatoms. The Bertz CT molecular complexity index is 1390. The van der Waals surface area contributed by atoms with Gasteiger partial charge < -0.3 is 20.0 Å². The van der Waals surface area contributed by atoms with Crippen LogP contribution < -0.4 is 5.32 Å². The number of aryl methyl sites for hydroxylation is 3. The minimum absolute atomic E-state index is 0.0362. The smallest absolute Gasteiger partial charge is 0.321 e. The highest BCUT2D eigenvalue weighted by Crippen LogP contribution is 2.36. The first-order valence-corrected chi connectivity index (χ1v) is 15.3. The number of pyridine rings is 2. The Kier molecular flexibility index (Phi) is 9.43. The topological polar surface area (TPSA) is 81.7 Å². The van der Waals surface area contributed by atoms with Gasteiger partial charge in [-0.25, -0.2) is 9.78 Å². The summed E-state index contributed by atoms with van der Waals surface area (Å²) < 4.78 is 0. The zero-order valence-corrected chi connectivity index (χ0v) is 25.8. The number of amides is 3. The molecular weight excluding hydrogens is 548 g/mol. The van der Waals surface area contributed by atoms with Crippen LogP contribution in [0.2, 0.25) is 5.15 Å². The van der Waals surface area contributed by atoms with E-state index in [1.165, 1.54) is 5.56 Å². The summed E-state index contributed by atoms with van der Waals surface area (Å²) in [6.07, 6.45) is 6.38. The fourth-order valence-corrected chi connectivity index (χ4v) is 6.71. The Hall–Kier alpha value is -3.49. The number of piperidine rings is 1. The molecule has 5 rings (SSSR count). The maximum Gasteiger partial charge on any atom is 0.321 e. The van der Waals surface area contributed by atoms with E-state index in [1.807, 2.05) is 37.1 Å². The number of aromatic nitrogens is 2. The van der Waals surface area contributed by atoms with Crippen molar-refractivity contribution >= 4 is 23.5 Å². The Morgan fingerprint density at radius 2 is 1.83 bits per heavy atom. The number of rotatable bonds is 9. The number of carbonyl (C=O) groups excluding carboxylic acids is 2. The van der Waals surface area contributed by atoms with E-state index < -0.39 is 0 Å². The highest BCUT2D eigenvalue weighted by Gasteiger charge is 2.43. The van der Waals surface area contributed by atoms with Crippen LogP contribution >= 0.6 is 11.6 Å². The van der Waals surface area contributed by atoms with Gasteiger partial charge in [0.05, 0.1) is 17.3 Å². The largest absolute Gasteiger partial charge is 0.352 e. The molecule has 42 heavy (non-hydrogen) atoms. The van der Waals surface area contributed by atoms with Gasteiger partial charge in [-0.2, -0.15) is 0 Å². The third-order valence-electron chi connectivity index (χ3n) is 8.87. The third-order valence-corrected chi connectivity index (χ3v) is 9.06. The lowest BCUT2D eigenvalue weighted by molar-refractivity contribution is 0.0886. The second-order valence-electron chi connectivity index (χ2n) is 11.7. The van der Waals surface area contributed by atoms with Gasteiger partial charge in [0, 0.05) is 57.2 Å². The molecule has 0 saturated carbocycles. The van der Waals surface area contributed by atoms with Crippen LogP contribution in [-0.4, -0.2) is 74.9 Å². The second kappa shape index (κ2) is 13.2. The van der Waals surface area contributed by atoms with Crippen molar-refractivity contribution in [3.63, 3.8) is 0 Å². The summed E-state index contributed by atoms with van der Waals surface area (Å²) in [6.45, 7) is 11.7. The number of hydrogen-bond donors (Lipinski definition) is 1. The fraction of sp³-hybridized carbons (Fsp3) is 0.455. The average molecular weight is 589 g/mol. The van der Waals surface area contributed by atoms with Gasteiger partial charge in [-0.15, -0.1) is 0 Å². The number of carbonyl (C=O) groups is 2. The van der Waals surface area contributed by atoms with Gasteiger partial charge in [0.25, 0.3) is 5.91 Å². The maximum absolute atomic E-state index is 13.9. The number of hydrogen-bond acceptors (Lipinski definition) is 5. The zero-order chi connectivity index (χ0) is 29.8. The predicted octanol–water partition coefficient (Wildman–Crippen LogP) is 5.71. The van der Waals surface area contributed by atoms with Crippen LogP contribution in [0, 0.1) is 20.8 Å². The lowest BCUT2D eigenvalue weighted by atomic mass is 9.98. The summed E-state index contributed by atoms with van der Waals surface area (Å²) in [5.41, 5.74) is 5.51. The Morgan fingerprint density at radius 3 is 2.52 bits per heavy atom. The zero-order valence-electron chi connectivity index (χ0n) is 25.0. The average Bonchev–Trinajstić information content (AvgIpc) is 3.29. The number of halogens is 1. The number of urea groups is 1. The molecule has 2 aromatic heterocycles. The standard InChI is InChI=1S/C33H41ClN6O2/c1-22-10-14-35-19-27(22)20-39-21-29(26-8-6-5-7-9-26)40(33(39)42)28-12-16-38(17-13-28)24(3)11-15-36-32(41)31-23(2)18-30(34)37-25(31)4/h5-10,14,18-19,24,28-29H,11-13,15-17,20-21H2,1-4H3,(H,36,41)/t24?,29-/m0/s1. The molecule has 8 nitrogen and oxygen atoms in total. The van der Waals surface area contributed by atoms with Crippen LogP contribution in [0.3, 0.4) is 0 Å². The van der Waals surface area contributed by atoms with Crippen molar-refractivity contribution in [2.45, 2.75) is 71.6 Å². The van der Waals surface area contributed by atoms with Gasteiger partial charge in [-0.1, -0.05) is 41.9 Å². The van der Waals surface area contributed by atoms with Crippen molar-refractivity contribution in [3.8, 4) is 0 Å². The highest BCUT2D eigenvalue weighted by atomic mass is 35.5. The summed E-state index contributed by atoms with van der Waals surface area (Å²) >= 11 is 6.03. The molecule has 2 aliphatic rings. The summed E-state index contributed by atoms with van der Waals surface area (Å²) in [4.78, 5) is 41.8. The van der Waals surface area contributed by atoms with Crippen LogP contribution in [0.25, 0.3) is 0 Å². The number of likely N-dealkylation sites (tertiary alicyclic amines) is 1. The van der Waals surface area contributed by atoms with E-state index in [4.69, 9.17) is 11.6 Å². The minimum Gasteiger partial charge on any atom is -0.352 e. The molecule has 0 aliphatic carbocycles. The lowest BCUT2D eigenvalue weighted by Gasteiger charge is -2.41. The van der Waals surface area contributed by atoms with Crippen molar-refractivity contribution in [2.24, 2.45) is 0 Å². The molecule has 1 aromatic carbocycles. The molecule has 0 radical (unpaired) electrons. The number of nitrogens with zero attached hydrogens (tertiary/aromatic N) is 5. The molecule has 1 N–H and O–H groups in total. The van der Waals surface area contributed by atoms with E-state index in [2.05, 4.69) is 63.2 Å². The summed E-state index contributed by atoms with van der Waals surface area (Å²) in [6, 6.07) is 14.8. The van der Waals surface area contributed by atoms with E-state index in [1.54, 1.807) is 12.3 Å². The van der Waals surface area contributed by atoms with E-state index >= 15 is 0 Å². The fourth-order valence-electron chi connectivity index (χ4n) is 6.42. The van der Waals surface area contributed by atoms with Crippen molar-refractivity contribution in [2.75, 3.05) is 26.2 Å². The molecule has 0 bridgehead atoms. The van der Waals surface area contributed by atoms with Crippen molar-refractivity contribution in [1.29, 1.82) is 0 Å². The van der Waals surface area contributed by atoms with Gasteiger partial charge in [0.2, 0.25) is 0 Å². The molecule has 4 heterocycles. The van der Waals surface area contributed by atoms with E-state index in [-0.39, 0.29) is 24.0 Å². The molecule has 222 valence electrons. The van der Waals surface area contributed by atoms with E-state index in [9.17, 15) is 9.59 Å².